The SMILES string of the molecule is Cc1cc(C)c2c(Cn3c(=O)n(C(CC(=O)O)c4ccccc4)c4ccccc43)cn(C)c2c1. The van der Waals surface area contributed by atoms with Gasteiger partial charge in [-0.3, -0.25) is 13.9 Å². The summed E-state index contributed by atoms with van der Waals surface area (Å²) in [5.41, 5.74) is 6.69. The summed E-state index contributed by atoms with van der Waals surface area (Å²) in [6.07, 6.45) is 1.91. The molecule has 1 N–H and O–H groups in total. The molecular formula is C28H27N3O3. The fourth-order valence-electron chi connectivity index (χ4n) is 5.18. The second-order valence-electron chi connectivity index (χ2n) is 8.99. The predicted octanol–water partition coefficient (Wildman–Crippen LogP) is 5.02. The minimum Gasteiger partial charge on any atom is -0.481 e. The van der Waals surface area contributed by atoms with E-state index in [-0.39, 0.29) is 12.1 Å². The minimum atomic E-state index is -0.947. The van der Waals surface area contributed by atoms with Crippen molar-refractivity contribution in [3.8, 4) is 0 Å². The second kappa shape index (κ2) is 8.37. The maximum absolute atomic E-state index is 13.9. The molecule has 0 amide bonds. The van der Waals surface area contributed by atoms with Crippen LogP contribution in [-0.2, 0) is 18.4 Å². The number of nitrogens with zero attached hydrogens (tertiary/aromatic N) is 3. The van der Waals surface area contributed by atoms with Gasteiger partial charge in [0.15, 0.2) is 0 Å². The predicted molar refractivity (Wildman–Crippen MR) is 135 cm³/mol. The Labute approximate surface area is 197 Å². The van der Waals surface area contributed by atoms with Crippen molar-refractivity contribution in [2.75, 3.05) is 0 Å². The zero-order chi connectivity index (χ0) is 24.0. The first-order valence-corrected chi connectivity index (χ1v) is 11.4. The van der Waals surface area contributed by atoms with Crippen molar-refractivity contribution in [2.24, 2.45) is 7.05 Å². The lowest BCUT2D eigenvalue weighted by atomic mass is 10.0. The third-order valence-corrected chi connectivity index (χ3v) is 6.57. The number of fused-ring (bicyclic) bond motifs is 2. The van der Waals surface area contributed by atoms with Crippen molar-refractivity contribution in [1.29, 1.82) is 0 Å². The number of carboxylic acids is 1. The van der Waals surface area contributed by atoms with Gasteiger partial charge in [0, 0.05) is 24.1 Å². The molecule has 0 aliphatic carbocycles. The van der Waals surface area contributed by atoms with Crippen LogP contribution in [0.3, 0.4) is 0 Å². The topological polar surface area (TPSA) is 69.2 Å². The van der Waals surface area contributed by atoms with Crippen LogP contribution in [0.2, 0.25) is 0 Å². The van der Waals surface area contributed by atoms with Gasteiger partial charge in [-0.1, -0.05) is 48.5 Å². The van der Waals surface area contributed by atoms with Gasteiger partial charge in [-0.15, -0.1) is 0 Å². The largest absolute Gasteiger partial charge is 0.481 e. The summed E-state index contributed by atoms with van der Waals surface area (Å²) in [5.74, 6) is -0.947. The molecule has 1 atom stereocenters. The summed E-state index contributed by atoms with van der Waals surface area (Å²) in [6, 6.07) is 20.7. The van der Waals surface area contributed by atoms with Gasteiger partial charge in [0.05, 0.1) is 30.0 Å². The molecule has 5 aromatic rings. The quantitative estimate of drug-likeness (QED) is 0.392. The molecule has 2 aromatic heterocycles. The first kappa shape index (κ1) is 21.8. The molecule has 1 unspecified atom stereocenters. The Balaban J connectivity index is 1.72. The van der Waals surface area contributed by atoms with Crippen LogP contribution in [0, 0.1) is 13.8 Å². The van der Waals surface area contributed by atoms with Crippen LogP contribution in [0.5, 0.6) is 0 Å². The van der Waals surface area contributed by atoms with Crippen LogP contribution in [0.25, 0.3) is 21.9 Å². The number of benzene rings is 3. The number of para-hydroxylation sites is 2. The molecule has 0 aliphatic rings. The van der Waals surface area contributed by atoms with Gasteiger partial charge < -0.3 is 9.67 Å². The van der Waals surface area contributed by atoms with Gasteiger partial charge in [0.2, 0.25) is 0 Å². The highest BCUT2D eigenvalue weighted by molar-refractivity contribution is 5.88. The number of hydrogen-bond acceptors (Lipinski definition) is 2. The summed E-state index contributed by atoms with van der Waals surface area (Å²) in [4.78, 5) is 25.7. The standard InChI is InChI=1S/C28H27N3O3/c1-18-13-19(2)27-21(16-29(3)25(27)14-18)17-30-22-11-7-8-12-23(22)31(28(30)34)24(15-26(32)33)20-9-5-4-6-10-20/h4-14,16,24H,15,17H2,1-3H3,(H,32,33). The highest BCUT2D eigenvalue weighted by atomic mass is 16.4. The highest BCUT2D eigenvalue weighted by Gasteiger charge is 2.25. The van der Waals surface area contributed by atoms with Crippen molar-refractivity contribution < 1.29 is 9.90 Å². The number of aliphatic carboxylic acids is 1. The average Bonchev–Trinajstić information content (AvgIpc) is 3.27. The molecule has 6 nitrogen and oxygen atoms in total. The first-order valence-electron chi connectivity index (χ1n) is 11.4. The van der Waals surface area contributed by atoms with Gasteiger partial charge in [-0.2, -0.15) is 0 Å². The Bertz CT molecular complexity index is 1590. The van der Waals surface area contributed by atoms with E-state index in [1.54, 1.807) is 9.13 Å². The van der Waals surface area contributed by atoms with E-state index in [1.807, 2.05) is 61.6 Å². The van der Waals surface area contributed by atoms with Crippen LogP contribution < -0.4 is 5.69 Å². The van der Waals surface area contributed by atoms with Crippen LogP contribution in [-0.4, -0.2) is 24.8 Å². The van der Waals surface area contributed by atoms with Crippen LogP contribution in [0.1, 0.15) is 34.7 Å². The normalized spacial score (nSPS) is 12.4. The zero-order valence-electron chi connectivity index (χ0n) is 19.5. The average molecular weight is 454 g/mol. The minimum absolute atomic E-state index is 0.176. The molecule has 0 saturated heterocycles. The lowest BCUT2D eigenvalue weighted by Gasteiger charge is -2.17. The zero-order valence-corrected chi connectivity index (χ0v) is 19.5. The summed E-state index contributed by atoms with van der Waals surface area (Å²) >= 11 is 0. The Hall–Kier alpha value is -4.06. The molecule has 0 bridgehead atoms. The Morgan fingerprint density at radius 2 is 1.62 bits per heavy atom. The van der Waals surface area contributed by atoms with E-state index in [9.17, 15) is 14.7 Å². The van der Waals surface area contributed by atoms with Crippen molar-refractivity contribution in [2.45, 2.75) is 32.9 Å². The molecule has 5 rings (SSSR count). The number of rotatable bonds is 6. The third kappa shape index (κ3) is 3.61. The van der Waals surface area contributed by atoms with Crippen molar-refractivity contribution in [3.63, 3.8) is 0 Å². The summed E-state index contributed by atoms with van der Waals surface area (Å²) in [5, 5.41) is 10.8. The van der Waals surface area contributed by atoms with E-state index < -0.39 is 12.0 Å². The second-order valence-corrected chi connectivity index (χ2v) is 8.99. The maximum atomic E-state index is 13.9. The van der Waals surface area contributed by atoms with Gasteiger partial charge in [-0.05, 0) is 54.3 Å². The molecule has 0 spiro atoms. The van der Waals surface area contributed by atoms with Crippen molar-refractivity contribution in [3.05, 3.63) is 106 Å². The Morgan fingerprint density at radius 1 is 0.941 bits per heavy atom. The van der Waals surface area contributed by atoms with Crippen LogP contribution in [0.4, 0.5) is 0 Å². The molecule has 34 heavy (non-hydrogen) atoms. The summed E-state index contributed by atoms with van der Waals surface area (Å²) < 4.78 is 5.51. The van der Waals surface area contributed by atoms with E-state index in [1.165, 1.54) is 11.1 Å². The number of carbonyl (C=O) groups is 1. The lowest BCUT2D eigenvalue weighted by Crippen LogP contribution is -2.29. The number of hydrogen-bond donors (Lipinski definition) is 1. The van der Waals surface area contributed by atoms with Crippen LogP contribution >= 0.6 is 0 Å². The highest BCUT2D eigenvalue weighted by Crippen LogP contribution is 2.29. The lowest BCUT2D eigenvalue weighted by molar-refractivity contribution is -0.137. The summed E-state index contributed by atoms with van der Waals surface area (Å²) in [7, 11) is 2.02. The number of imidazole rings is 1. The summed E-state index contributed by atoms with van der Waals surface area (Å²) in [6.45, 7) is 4.59. The van der Waals surface area contributed by atoms with Gasteiger partial charge in [0.25, 0.3) is 0 Å². The van der Waals surface area contributed by atoms with E-state index >= 15 is 0 Å². The van der Waals surface area contributed by atoms with Gasteiger partial charge in [-0.25, -0.2) is 4.79 Å². The fourth-order valence-corrected chi connectivity index (χ4v) is 5.18. The monoisotopic (exact) mass is 453 g/mol. The molecule has 0 saturated carbocycles. The third-order valence-electron chi connectivity index (χ3n) is 6.57. The fraction of sp³-hybridized carbons (Fsp3) is 0.214. The molecule has 2 heterocycles. The molecule has 6 heteroatoms. The van der Waals surface area contributed by atoms with E-state index in [0.29, 0.717) is 6.54 Å². The molecule has 3 aromatic carbocycles. The van der Waals surface area contributed by atoms with E-state index in [4.69, 9.17) is 0 Å². The maximum Gasteiger partial charge on any atom is 0.330 e. The van der Waals surface area contributed by atoms with Crippen molar-refractivity contribution in [1.82, 2.24) is 13.7 Å². The van der Waals surface area contributed by atoms with E-state index in [0.717, 1.165) is 33.1 Å². The van der Waals surface area contributed by atoms with Gasteiger partial charge >= 0.3 is 11.7 Å². The molecule has 172 valence electrons. The number of aromatic nitrogens is 3. The van der Waals surface area contributed by atoms with E-state index in [2.05, 4.69) is 36.7 Å². The first-order chi connectivity index (χ1) is 16.3. The number of aryl methyl sites for hydroxylation is 3. The van der Waals surface area contributed by atoms with Crippen LogP contribution in [0.15, 0.2) is 77.7 Å². The van der Waals surface area contributed by atoms with Gasteiger partial charge in [0.1, 0.15) is 0 Å². The molecule has 0 fully saturated rings. The van der Waals surface area contributed by atoms with Crippen molar-refractivity contribution >= 4 is 27.9 Å². The Kier molecular flexibility index (Phi) is 5.36. The molecular weight excluding hydrogens is 426 g/mol. The smallest absolute Gasteiger partial charge is 0.330 e. The molecule has 0 aliphatic heterocycles. The Morgan fingerprint density at radius 3 is 2.32 bits per heavy atom. The molecule has 0 radical (unpaired) electrons. The number of carboxylic acid groups (broad SMARTS) is 1.